The van der Waals surface area contributed by atoms with Crippen LogP contribution >= 0.6 is 7.60 Å². The van der Waals surface area contributed by atoms with Gasteiger partial charge in [0.05, 0.1) is 13.2 Å². The van der Waals surface area contributed by atoms with Gasteiger partial charge in [0, 0.05) is 11.1 Å². The second kappa shape index (κ2) is 6.41. The van der Waals surface area contributed by atoms with Crippen LogP contribution in [-0.4, -0.2) is 24.6 Å². The Labute approximate surface area is 112 Å². The van der Waals surface area contributed by atoms with E-state index >= 15 is 0 Å². The zero-order valence-electron chi connectivity index (χ0n) is 10.9. The van der Waals surface area contributed by atoms with E-state index < -0.39 is 13.1 Å². The predicted molar refractivity (Wildman–Crippen MR) is 70.8 cm³/mol. The Morgan fingerprint density at radius 3 is 2.32 bits per heavy atom. The van der Waals surface area contributed by atoms with Crippen molar-refractivity contribution in [2.75, 3.05) is 13.2 Å². The Balaban J connectivity index is 3.34. The molecule has 1 aromatic rings. The van der Waals surface area contributed by atoms with E-state index in [-0.39, 0.29) is 24.3 Å². The zero-order valence-corrected chi connectivity index (χ0v) is 11.8. The van der Waals surface area contributed by atoms with E-state index in [9.17, 15) is 14.5 Å². The largest absolute Gasteiger partial charge is 0.381 e. The smallest absolute Gasteiger partial charge is 0.362 e. The first kappa shape index (κ1) is 16.0. The maximum atomic E-state index is 12.6. The van der Waals surface area contributed by atoms with Crippen LogP contribution in [0.25, 0.3) is 0 Å². The molecule has 0 unspecified atom stereocenters. The van der Waals surface area contributed by atoms with Crippen molar-refractivity contribution in [1.82, 2.24) is 0 Å². The van der Waals surface area contributed by atoms with Crippen LogP contribution in [0.15, 0.2) is 24.3 Å². The number of aldehydes is 1. The number of hydrogen-bond donors (Lipinski definition) is 2. The van der Waals surface area contributed by atoms with Crippen molar-refractivity contribution in [2.24, 2.45) is 5.73 Å². The highest BCUT2D eigenvalue weighted by atomic mass is 31.2. The summed E-state index contributed by atoms with van der Waals surface area (Å²) in [5, 5.41) is 10.4. The molecule has 0 bridgehead atoms. The normalized spacial score (nSPS) is 14.9. The van der Waals surface area contributed by atoms with E-state index in [2.05, 4.69) is 0 Å². The number of aliphatic hydroxyl groups is 1. The molecule has 0 fully saturated rings. The fourth-order valence-electron chi connectivity index (χ4n) is 1.66. The van der Waals surface area contributed by atoms with E-state index in [0.717, 1.165) is 0 Å². The van der Waals surface area contributed by atoms with Crippen LogP contribution in [0.5, 0.6) is 0 Å². The van der Waals surface area contributed by atoms with Crippen molar-refractivity contribution in [3.8, 4) is 0 Å². The Hall–Kier alpha value is -1.04. The van der Waals surface area contributed by atoms with Crippen molar-refractivity contribution in [1.29, 1.82) is 0 Å². The summed E-state index contributed by atoms with van der Waals surface area (Å²) >= 11 is 0. The van der Waals surface area contributed by atoms with Gasteiger partial charge in [0.2, 0.25) is 5.47 Å². The maximum absolute atomic E-state index is 12.6. The van der Waals surface area contributed by atoms with E-state index in [0.29, 0.717) is 6.29 Å². The molecule has 0 amide bonds. The van der Waals surface area contributed by atoms with Crippen molar-refractivity contribution in [2.45, 2.75) is 19.3 Å². The van der Waals surface area contributed by atoms with E-state index in [1.54, 1.807) is 26.0 Å². The Kier molecular flexibility index (Phi) is 5.40. The Bertz CT molecular complexity index is 479. The van der Waals surface area contributed by atoms with Gasteiger partial charge in [-0.3, -0.25) is 15.1 Å². The SMILES string of the molecule is CCOP(=O)(OCC)[C@@](N)(O)c1ccccc1C=O. The average Bonchev–Trinajstić information content (AvgIpc) is 2.39. The minimum atomic E-state index is -4.01. The molecule has 3 N–H and O–H groups in total. The number of carbonyl (C=O) groups excluding carboxylic acids is 1. The van der Waals surface area contributed by atoms with E-state index in [1.165, 1.54) is 12.1 Å². The number of nitrogens with two attached hydrogens (primary N) is 1. The highest BCUT2D eigenvalue weighted by Crippen LogP contribution is 2.61. The molecule has 106 valence electrons. The fraction of sp³-hybridized carbons (Fsp3) is 0.417. The predicted octanol–water partition coefficient (Wildman–Crippen LogP) is 1.83. The Morgan fingerprint density at radius 1 is 1.32 bits per heavy atom. The summed E-state index contributed by atoms with van der Waals surface area (Å²) in [6.07, 6.45) is 0.523. The zero-order chi connectivity index (χ0) is 14.5. The molecule has 0 aliphatic rings. The highest BCUT2D eigenvalue weighted by Gasteiger charge is 2.49. The lowest BCUT2D eigenvalue weighted by Crippen LogP contribution is -2.38. The molecule has 0 saturated carbocycles. The highest BCUT2D eigenvalue weighted by molar-refractivity contribution is 7.54. The first-order valence-corrected chi connectivity index (χ1v) is 7.42. The molecule has 0 spiro atoms. The van der Waals surface area contributed by atoms with Crippen LogP contribution in [-0.2, 0) is 19.1 Å². The molecule has 0 saturated heterocycles. The van der Waals surface area contributed by atoms with Crippen LogP contribution < -0.4 is 5.73 Å². The second-order valence-corrected chi connectivity index (χ2v) is 5.96. The number of rotatable bonds is 7. The summed E-state index contributed by atoms with van der Waals surface area (Å²) < 4.78 is 22.6. The molecule has 1 atom stereocenters. The minimum absolute atomic E-state index is 0.00948. The van der Waals surface area contributed by atoms with Gasteiger partial charge in [0.1, 0.15) is 0 Å². The summed E-state index contributed by atoms with van der Waals surface area (Å²) in [6.45, 7) is 3.32. The van der Waals surface area contributed by atoms with Gasteiger partial charge in [0.15, 0.2) is 6.29 Å². The van der Waals surface area contributed by atoms with Gasteiger partial charge in [-0.05, 0) is 13.8 Å². The van der Waals surface area contributed by atoms with Gasteiger partial charge < -0.3 is 14.2 Å². The quantitative estimate of drug-likeness (QED) is 0.451. The monoisotopic (exact) mass is 287 g/mol. The van der Waals surface area contributed by atoms with Crippen LogP contribution in [0, 0.1) is 0 Å². The first-order chi connectivity index (χ1) is 8.93. The molecule has 0 aromatic heterocycles. The van der Waals surface area contributed by atoms with Gasteiger partial charge in [-0.15, -0.1) is 0 Å². The van der Waals surface area contributed by atoms with Gasteiger partial charge in [-0.1, -0.05) is 24.3 Å². The fourth-order valence-corrected chi connectivity index (χ4v) is 3.30. The molecule has 1 rings (SSSR count). The summed E-state index contributed by atoms with van der Waals surface area (Å²) in [5.41, 5.74) is 3.51. The number of benzene rings is 1. The topological polar surface area (TPSA) is 98.8 Å². The third-order valence-electron chi connectivity index (χ3n) is 2.50. The minimum Gasteiger partial charge on any atom is -0.362 e. The molecule has 0 heterocycles. The molecular formula is C12H18NO5P. The van der Waals surface area contributed by atoms with Crippen molar-refractivity contribution in [3.05, 3.63) is 35.4 Å². The summed E-state index contributed by atoms with van der Waals surface area (Å²) in [7, 11) is -4.01. The van der Waals surface area contributed by atoms with Crippen LogP contribution in [0.1, 0.15) is 29.8 Å². The molecule has 19 heavy (non-hydrogen) atoms. The lowest BCUT2D eigenvalue weighted by molar-refractivity contribution is 0.0696. The van der Waals surface area contributed by atoms with Crippen LogP contribution in [0.2, 0.25) is 0 Å². The Morgan fingerprint density at radius 2 is 1.84 bits per heavy atom. The van der Waals surface area contributed by atoms with Crippen molar-refractivity contribution in [3.63, 3.8) is 0 Å². The standard InChI is InChI=1S/C12H18NO5P/c1-3-17-19(16,18-4-2)12(13,15)11-8-6-5-7-10(11)9-14/h5-9,15H,3-4,13H2,1-2H3/t12-/m0/s1. The van der Waals surface area contributed by atoms with E-state index in [1.807, 2.05) is 0 Å². The van der Waals surface area contributed by atoms with Crippen LogP contribution in [0.3, 0.4) is 0 Å². The van der Waals surface area contributed by atoms with Crippen molar-refractivity contribution < 1.29 is 23.5 Å². The molecule has 6 nitrogen and oxygen atoms in total. The van der Waals surface area contributed by atoms with E-state index in [4.69, 9.17) is 14.8 Å². The van der Waals surface area contributed by atoms with Gasteiger partial charge in [-0.25, -0.2) is 0 Å². The van der Waals surface area contributed by atoms with Crippen LogP contribution in [0.4, 0.5) is 0 Å². The van der Waals surface area contributed by atoms with Gasteiger partial charge >= 0.3 is 7.60 Å². The maximum Gasteiger partial charge on any atom is 0.381 e. The lowest BCUT2D eigenvalue weighted by atomic mass is 10.1. The molecular weight excluding hydrogens is 269 g/mol. The lowest BCUT2D eigenvalue weighted by Gasteiger charge is -2.31. The third-order valence-corrected chi connectivity index (χ3v) is 4.77. The number of hydrogen-bond acceptors (Lipinski definition) is 6. The third kappa shape index (κ3) is 3.11. The molecule has 0 aliphatic heterocycles. The van der Waals surface area contributed by atoms with Gasteiger partial charge in [-0.2, -0.15) is 0 Å². The summed E-state index contributed by atoms with van der Waals surface area (Å²) in [6, 6.07) is 6.05. The molecule has 0 aliphatic carbocycles. The second-order valence-electron chi connectivity index (χ2n) is 3.76. The molecule has 7 heteroatoms. The molecule has 0 radical (unpaired) electrons. The number of carbonyl (C=O) groups is 1. The molecule has 1 aromatic carbocycles. The first-order valence-electron chi connectivity index (χ1n) is 5.88. The summed E-state index contributed by atoms with van der Waals surface area (Å²) in [5.74, 6) is 0. The van der Waals surface area contributed by atoms with Crippen molar-refractivity contribution >= 4 is 13.9 Å². The van der Waals surface area contributed by atoms with Gasteiger partial charge in [0.25, 0.3) is 0 Å². The summed E-state index contributed by atoms with van der Waals surface area (Å²) in [4.78, 5) is 11.0. The average molecular weight is 287 g/mol.